The highest BCUT2D eigenvalue weighted by atomic mass is 16.6. The summed E-state index contributed by atoms with van der Waals surface area (Å²) in [5.74, 6) is 1.19. The van der Waals surface area contributed by atoms with Crippen molar-refractivity contribution in [3.8, 4) is 11.5 Å². The van der Waals surface area contributed by atoms with Crippen LogP contribution in [0, 0.1) is 0 Å². The lowest BCUT2D eigenvalue weighted by molar-refractivity contribution is -0.0753. The maximum absolute atomic E-state index is 13.4. The van der Waals surface area contributed by atoms with Crippen LogP contribution in [-0.2, 0) is 32.2 Å². The van der Waals surface area contributed by atoms with Crippen molar-refractivity contribution in [1.82, 2.24) is 9.80 Å². The topological polar surface area (TPSA) is 99.2 Å². The molecule has 11 heteroatoms. The molecule has 1 fully saturated rings. The van der Waals surface area contributed by atoms with Crippen LogP contribution < -0.4 is 14.4 Å². The van der Waals surface area contributed by atoms with E-state index in [2.05, 4.69) is 11.0 Å². The number of likely N-dealkylation sites (tertiary alicyclic amines) is 1. The number of rotatable bonds is 12. The predicted octanol–water partition coefficient (Wildman–Crippen LogP) is 5.32. The molecular weight excluding hydrogens is 602 g/mol. The Kier molecular flexibility index (Phi) is 11.8. The van der Waals surface area contributed by atoms with E-state index in [0.717, 1.165) is 47.6 Å². The molecule has 3 aromatic rings. The van der Waals surface area contributed by atoms with Gasteiger partial charge in [-0.2, -0.15) is 0 Å². The molecule has 2 aliphatic rings. The van der Waals surface area contributed by atoms with E-state index >= 15 is 0 Å². The maximum Gasteiger partial charge on any atom is 0.410 e. The fourth-order valence-corrected chi connectivity index (χ4v) is 5.94. The van der Waals surface area contributed by atoms with Gasteiger partial charge < -0.3 is 43.1 Å². The lowest BCUT2D eigenvalue weighted by Gasteiger charge is -2.43. The van der Waals surface area contributed by atoms with E-state index < -0.39 is 24.4 Å². The summed E-state index contributed by atoms with van der Waals surface area (Å²) in [7, 11) is 6.59. The molecule has 3 unspecified atom stereocenters. The SMILES string of the molecule is COCCCN1CCOc2ccc(COC3CN(C(=O)OCc4ccccc4)CC(OC(=O)N(C)C)C3c3ccc(OC)cc3)cc21. The van der Waals surface area contributed by atoms with Gasteiger partial charge in [0.25, 0.3) is 0 Å². The van der Waals surface area contributed by atoms with Gasteiger partial charge in [0, 0.05) is 34.4 Å². The number of benzene rings is 3. The molecule has 1 saturated heterocycles. The Morgan fingerprint density at radius 3 is 2.40 bits per heavy atom. The summed E-state index contributed by atoms with van der Waals surface area (Å²) < 4.78 is 35.0. The van der Waals surface area contributed by atoms with Crippen LogP contribution in [0.1, 0.15) is 29.0 Å². The van der Waals surface area contributed by atoms with Gasteiger partial charge in [-0.1, -0.05) is 48.5 Å². The highest BCUT2D eigenvalue weighted by Crippen LogP contribution is 2.36. The number of ether oxygens (including phenoxy) is 6. The van der Waals surface area contributed by atoms with Gasteiger partial charge in [0.2, 0.25) is 0 Å². The lowest BCUT2D eigenvalue weighted by Crippen LogP contribution is -2.55. The van der Waals surface area contributed by atoms with Gasteiger partial charge in [-0.15, -0.1) is 0 Å². The second-order valence-corrected chi connectivity index (χ2v) is 11.9. The molecule has 0 bridgehead atoms. The first-order valence-electron chi connectivity index (χ1n) is 15.9. The summed E-state index contributed by atoms with van der Waals surface area (Å²) >= 11 is 0. The zero-order valence-electron chi connectivity index (χ0n) is 27.6. The molecule has 5 rings (SSSR count). The van der Waals surface area contributed by atoms with Gasteiger partial charge >= 0.3 is 12.2 Å². The third-order valence-electron chi connectivity index (χ3n) is 8.41. The standard InChI is InChI=1S/C36H45N3O8/c1-37(2)35(40)47-33-23-39(36(41)46-24-26-9-6-5-7-10-26)22-32(34(33)28-12-14-29(43-4)15-13-28)45-25-27-11-16-31-30(21-27)38(18-20-44-31)17-8-19-42-3/h5-7,9-16,21,32-34H,8,17-20,22-25H2,1-4H3. The Bertz CT molecular complexity index is 1450. The third kappa shape index (κ3) is 8.87. The largest absolute Gasteiger partial charge is 0.497 e. The van der Waals surface area contributed by atoms with E-state index in [-0.39, 0.29) is 32.2 Å². The van der Waals surface area contributed by atoms with Gasteiger partial charge in [-0.05, 0) is 47.4 Å². The number of piperidine rings is 1. The van der Waals surface area contributed by atoms with Crippen molar-refractivity contribution in [1.29, 1.82) is 0 Å². The third-order valence-corrected chi connectivity index (χ3v) is 8.41. The number of carbonyl (C=O) groups excluding carboxylic acids is 2. The number of carbonyl (C=O) groups is 2. The zero-order valence-corrected chi connectivity index (χ0v) is 27.6. The molecule has 47 heavy (non-hydrogen) atoms. The monoisotopic (exact) mass is 647 g/mol. The molecule has 0 saturated carbocycles. The average Bonchev–Trinajstić information content (AvgIpc) is 3.10. The molecule has 0 radical (unpaired) electrons. The second kappa shape index (κ2) is 16.4. The zero-order chi connectivity index (χ0) is 33.2. The Morgan fingerprint density at radius 1 is 0.915 bits per heavy atom. The van der Waals surface area contributed by atoms with Crippen LogP contribution in [0.25, 0.3) is 0 Å². The van der Waals surface area contributed by atoms with Crippen molar-refractivity contribution in [2.24, 2.45) is 0 Å². The molecule has 2 aliphatic heterocycles. The van der Waals surface area contributed by atoms with Crippen LogP contribution in [0.5, 0.6) is 11.5 Å². The van der Waals surface area contributed by atoms with Gasteiger partial charge in [0.05, 0.1) is 51.1 Å². The molecule has 2 amide bonds. The summed E-state index contributed by atoms with van der Waals surface area (Å²) in [5, 5.41) is 0. The van der Waals surface area contributed by atoms with E-state index in [1.165, 1.54) is 4.90 Å². The van der Waals surface area contributed by atoms with Crippen LogP contribution >= 0.6 is 0 Å². The molecule has 2 heterocycles. The van der Waals surface area contributed by atoms with Crippen molar-refractivity contribution in [2.75, 3.05) is 72.6 Å². The predicted molar refractivity (Wildman–Crippen MR) is 177 cm³/mol. The number of fused-ring (bicyclic) bond motifs is 1. The molecule has 0 N–H and O–H groups in total. The first kappa shape index (κ1) is 33.9. The Labute approximate surface area is 276 Å². The van der Waals surface area contributed by atoms with Crippen molar-refractivity contribution in [3.63, 3.8) is 0 Å². The van der Waals surface area contributed by atoms with E-state index in [1.807, 2.05) is 66.7 Å². The van der Waals surface area contributed by atoms with Crippen LogP contribution in [0.3, 0.4) is 0 Å². The van der Waals surface area contributed by atoms with Crippen LogP contribution in [-0.4, -0.2) is 102 Å². The van der Waals surface area contributed by atoms with E-state index in [1.54, 1.807) is 33.2 Å². The summed E-state index contributed by atoms with van der Waals surface area (Å²) in [5.41, 5.74) is 3.77. The molecule has 0 aromatic heterocycles. The van der Waals surface area contributed by atoms with Crippen LogP contribution in [0.4, 0.5) is 15.3 Å². The van der Waals surface area contributed by atoms with E-state index in [4.69, 9.17) is 28.4 Å². The van der Waals surface area contributed by atoms with E-state index in [9.17, 15) is 9.59 Å². The van der Waals surface area contributed by atoms with Gasteiger partial charge in [0.1, 0.15) is 30.8 Å². The molecule has 0 spiro atoms. The molecule has 252 valence electrons. The van der Waals surface area contributed by atoms with Gasteiger partial charge in [0.15, 0.2) is 0 Å². The van der Waals surface area contributed by atoms with Gasteiger partial charge in [-0.25, -0.2) is 9.59 Å². The lowest BCUT2D eigenvalue weighted by atomic mass is 9.84. The van der Waals surface area contributed by atoms with Crippen molar-refractivity contribution < 1.29 is 38.0 Å². The summed E-state index contributed by atoms with van der Waals surface area (Å²) in [6.07, 6.45) is -1.32. The van der Waals surface area contributed by atoms with E-state index in [0.29, 0.717) is 19.0 Å². The average molecular weight is 648 g/mol. The molecule has 0 aliphatic carbocycles. The van der Waals surface area contributed by atoms with Crippen molar-refractivity contribution in [3.05, 3.63) is 89.5 Å². The molecule has 3 atom stereocenters. The maximum atomic E-state index is 13.4. The number of amides is 2. The number of methoxy groups -OCH3 is 2. The summed E-state index contributed by atoms with van der Waals surface area (Å²) in [4.78, 5) is 31.6. The number of hydrogen-bond acceptors (Lipinski definition) is 9. The smallest absolute Gasteiger partial charge is 0.410 e. The Balaban J connectivity index is 1.40. The van der Waals surface area contributed by atoms with Crippen LogP contribution in [0.15, 0.2) is 72.8 Å². The minimum Gasteiger partial charge on any atom is -0.497 e. The molecular formula is C36H45N3O8. The molecule has 3 aromatic carbocycles. The fraction of sp³-hybridized carbons (Fsp3) is 0.444. The summed E-state index contributed by atoms with van der Waals surface area (Å²) in [6.45, 7) is 3.77. The number of anilines is 1. The number of nitrogens with zero attached hydrogens (tertiary/aromatic N) is 3. The fourth-order valence-electron chi connectivity index (χ4n) is 5.94. The van der Waals surface area contributed by atoms with Crippen molar-refractivity contribution >= 4 is 17.9 Å². The van der Waals surface area contributed by atoms with Crippen molar-refractivity contribution in [2.45, 2.75) is 37.8 Å². The quantitative estimate of drug-likeness (QED) is 0.242. The number of hydrogen-bond donors (Lipinski definition) is 0. The Morgan fingerprint density at radius 2 is 1.68 bits per heavy atom. The second-order valence-electron chi connectivity index (χ2n) is 11.9. The molecule has 11 nitrogen and oxygen atoms in total. The first-order valence-corrected chi connectivity index (χ1v) is 15.9. The minimum atomic E-state index is -0.700. The normalized spacial score (nSPS) is 18.9. The van der Waals surface area contributed by atoms with Gasteiger partial charge in [-0.3, -0.25) is 0 Å². The highest BCUT2D eigenvalue weighted by Gasteiger charge is 2.43. The summed E-state index contributed by atoms with van der Waals surface area (Å²) in [6, 6.07) is 23.2. The highest BCUT2D eigenvalue weighted by molar-refractivity contribution is 5.69. The minimum absolute atomic E-state index is 0.129. The van der Waals surface area contributed by atoms with Crippen LogP contribution in [0.2, 0.25) is 0 Å². The Hall–Kier alpha value is -4.48. The first-order chi connectivity index (χ1) is 22.9.